The van der Waals surface area contributed by atoms with E-state index in [4.69, 9.17) is 11.6 Å². The number of carbonyl (C=O) groups excluding carboxylic acids is 1. The number of hydrogen-bond donors (Lipinski definition) is 0. The van der Waals surface area contributed by atoms with Crippen LogP contribution in [0.4, 0.5) is 0 Å². The topological polar surface area (TPSA) is 42.9 Å². The summed E-state index contributed by atoms with van der Waals surface area (Å²) in [5.41, 5.74) is 1.84. The first-order valence-corrected chi connectivity index (χ1v) is 7.69. The Bertz CT molecular complexity index is 810. The highest BCUT2D eigenvalue weighted by molar-refractivity contribution is 7.17. The summed E-state index contributed by atoms with van der Waals surface area (Å²) in [6, 6.07) is 11.0. The van der Waals surface area contributed by atoms with Crippen molar-refractivity contribution < 1.29 is 4.79 Å². The van der Waals surface area contributed by atoms with E-state index in [1.165, 1.54) is 17.4 Å². The minimum atomic E-state index is -0.116. The lowest BCUT2D eigenvalue weighted by atomic mass is 10.2. The van der Waals surface area contributed by atoms with Gasteiger partial charge in [-0.2, -0.15) is 0 Å². The van der Waals surface area contributed by atoms with Crippen LogP contribution in [-0.2, 0) is 0 Å². The zero-order chi connectivity index (χ0) is 15.4. The number of aromatic nitrogens is 2. The Morgan fingerprint density at radius 3 is 2.59 bits per heavy atom. The molecule has 0 saturated carbocycles. The number of carbonyl (C=O) groups is 1. The maximum absolute atomic E-state index is 12.1. The highest BCUT2D eigenvalue weighted by Crippen LogP contribution is 2.26. The van der Waals surface area contributed by atoms with E-state index in [1.54, 1.807) is 30.6 Å². The number of halogens is 1. The molecule has 1 aromatic carbocycles. The molecule has 3 nitrogen and oxygen atoms in total. The molecule has 0 aliphatic heterocycles. The number of allylic oxidation sites excluding steroid dienone is 1. The van der Waals surface area contributed by atoms with Gasteiger partial charge in [0, 0.05) is 23.0 Å². The van der Waals surface area contributed by atoms with E-state index in [1.807, 2.05) is 24.3 Å². The summed E-state index contributed by atoms with van der Waals surface area (Å²) in [7, 11) is 0. The van der Waals surface area contributed by atoms with E-state index in [0.29, 0.717) is 9.90 Å². The number of benzene rings is 1. The van der Waals surface area contributed by atoms with Gasteiger partial charge in [-0.05, 0) is 35.9 Å². The zero-order valence-electron chi connectivity index (χ0n) is 11.4. The van der Waals surface area contributed by atoms with E-state index < -0.39 is 0 Å². The molecule has 0 fully saturated rings. The Hall–Kier alpha value is -2.30. The van der Waals surface area contributed by atoms with Gasteiger partial charge in [0.15, 0.2) is 5.78 Å². The van der Waals surface area contributed by atoms with Crippen LogP contribution < -0.4 is 0 Å². The molecule has 3 aromatic rings. The summed E-state index contributed by atoms with van der Waals surface area (Å²) in [5.74, 6) is -0.116. The fraction of sp³-hybridized carbons (Fsp3) is 0. The van der Waals surface area contributed by atoms with Crippen molar-refractivity contribution in [2.24, 2.45) is 0 Å². The number of pyridine rings is 1. The summed E-state index contributed by atoms with van der Waals surface area (Å²) < 4.78 is 0. The first kappa shape index (κ1) is 14.6. The fourth-order valence-electron chi connectivity index (χ4n) is 1.79. The summed E-state index contributed by atoms with van der Waals surface area (Å²) in [6.07, 6.45) is 9.41. The Morgan fingerprint density at radius 1 is 1.14 bits per heavy atom. The van der Waals surface area contributed by atoms with Crippen molar-refractivity contribution in [2.45, 2.75) is 0 Å². The highest BCUT2D eigenvalue weighted by atomic mass is 35.5. The first-order chi connectivity index (χ1) is 10.7. The van der Waals surface area contributed by atoms with Gasteiger partial charge in [0.25, 0.3) is 0 Å². The molecule has 107 valence electrons. The van der Waals surface area contributed by atoms with Crippen LogP contribution in [0, 0.1) is 6.20 Å². The standard InChI is InChI=1S/C17H10ClN2OS/c18-14-4-2-13(3-5-14)17-20-11-16(22-17)15(21)6-1-12-7-9-19-10-8-12/h1-10H. The van der Waals surface area contributed by atoms with Gasteiger partial charge in [0.05, 0.1) is 0 Å². The Balaban J connectivity index is 1.77. The number of rotatable bonds is 4. The van der Waals surface area contributed by atoms with Crippen LogP contribution >= 0.6 is 22.9 Å². The monoisotopic (exact) mass is 325 g/mol. The van der Waals surface area contributed by atoms with Crippen LogP contribution in [0.15, 0.2) is 54.9 Å². The van der Waals surface area contributed by atoms with Crippen LogP contribution in [0.5, 0.6) is 0 Å². The third-order valence-corrected chi connectivity index (χ3v) is 4.17. The first-order valence-electron chi connectivity index (χ1n) is 6.49. The van der Waals surface area contributed by atoms with Crippen molar-refractivity contribution in [1.82, 2.24) is 9.97 Å². The Kier molecular flexibility index (Phi) is 4.42. The molecule has 0 unspecified atom stereocenters. The molecule has 3 rings (SSSR count). The molecule has 0 bridgehead atoms. The lowest BCUT2D eigenvalue weighted by molar-refractivity contribution is 0.105. The number of ketones is 1. The van der Waals surface area contributed by atoms with Crippen LogP contribution in [0.1, 0.15) is 15.2 Å². The number of thiazole rings is 1. The molecular weight excluding hydrogens is 316 g/mol. The Labute approximate surface area is 136 Å². The van der Waals surface area contributed by atoms with Crippen molar-refractivity contribution in [3.8, 4) is 10.6 Å². The van der Waals surface area contributed by atoms with Crippen molar-refractivity contribution in [3.63, 3.8) is 0 Å². The molecule has 5 heteroatoms. The average molecular weight is 326 g/mol. The fourth-order valence-corrected chi connectivity index (χ4v) is 2.71. The lowest BCUT2D eigenvalue weighted by Gasteiger charge is -1.95. The van der Waals surface area contributed by atoms with Crippen LogP contribution in [0.2, 0.25) is 5.02 Å². The summed E-state index contributed by atoms with van der Waals surface area (Å²) >= 11 is 7.17. The van der Waals surface area contributed by atoms with Gasteiger partial charge >= 0.3 is 0 Å². The van der Waals surface area contributed by atoms with Gasteiger partial charge in [-0.3, -0.25) is 9.78 Å². The summed E-state index contributed by atoms with van der Waals surface area (Å²) in [5, 5.41) is 1.41. The van der Waals surface area contributed by atoms with Gasteiger partial charge in [-0.25, -0.2) is 4.98 Å². The van der Waals surface area contributed by atoms with Crippen molar-refractivity contribution >= 4 is 34.8 Å². The minimum Gasteiger partial charge on any atom is -0.288 e. The van der Waals surface area contributed by atoms with Gasteiger partial charge in [-0.15, -0.1) is 11.3 Å². The van der Waals surface area contributed by atoms with E-state index in [0.717, 1.165) is 16.1 Å². The molecular formula is C17H10ClN2OS. The molecule has 2 heterocycles. The highest BCUT2D eigenvalue weighted by Gasteiger charge is 2.10. The van der Waals surface area contributed by atoms with Crippen molar-refractivity contribution in [1.29, 1.82) is 0 Å². The van der Waals surface area contributed by atoms with E-state index in [2.05, 4.69) is 16.2 Å². The zero-order valence-corrected chi connectivity index (χ0v) is 12.9. The van der Waals surface area contributed by atoms with Gasteiger partial charge < -0.3 is 0 Å². The molecule has 0 spiro atoms. The van der Waals surface area contributed by atoms with Gasteiger partial charge in [-0.1, -0.05) is 29.8 Å². The molecule has 0 aliphatic carbocycles. The van der Waals surface area contributed by atoms with E-state index >= 15 is 0 Å². The van der Waals surface area contributed by atoms with Crippen LogP contribution in [0.3, 0.4) is 0 Å². The number of nitrogens with zero attached hydrogens (tertiary/aromatic N) is 2. The second-order valence-corrected chi connectivity index (χ2v) is 5.88. The molecule has 22 heavy (non-hydrogen) atoms. The molecule has 0 saturated heterocycles. The molecule has 0 aliphatic rings. The molecule has 0 amide bonds. The summed E-state index contributed by atoms with van der Waals surface area (Å²) in [4.78, 5) is 20.7. The smallest absolute Gasteiger partial charge is 0.198 e. The SMILES string of the molecule is O=C(C=Cc1ccncc1)c1[c]nc(-c2ccc(Cl)cc2)s1. The predicted molar refractivity (Wildman–Crippen MR) is 89.0 cm³/mol. The number of hydrogen-bond acceptors (Lipinski definition) is 4. The lowest BCUT2D eigenvalue weighted by Crippen LogP contribution is -1.89. The maximum atomic E-state index is 12.1. The van der Waals surface area contributed by atoms with Crippen LogP contribution in [-0.4, -0.2) is 15.8 Å². The van der Waals surface area contributed by atoms with Gasteiger partial charge in [0.1, 0.15) is 16.1 Å². The molecule has 0 N–H and O–H groups in total. The maximum Gasteiger partial charge on any atom is 0.198 e. The largest absolute Gasteiger partial charge is 0.288 e. The van der Waals surface area contributed by atoms with E-state index in [9.17, 15) is 4.79 Å². The van der Waals surface area contributed by atoms with Crippen molar-refractivity contribution in [3.05, 3.63) is 76.5 Å². The van der Waals surface area contributed by atoms with Crippen LogP contribution in [0.25, 0.3) is 16.6 Å². The Morgan fingerprint density at radius 2 is 1.86 bits per heavy atom. The quantitative estimate of drug-likeness (QED) is 0.522. The van der Waals surface area contributed by atoms with Crippen molar-refractivity contribution in [2.75, 3.05) is 0 Å². The third kappa shape index (κ3) is 3.47. The normalized spacial score (nSPS) is 11.0. The minimum absolute atomic E-state index is 0.116. The summed E-state index contributed by atoms with van der Waals surface area (Å²) in [6.45, 7) is 0. The average Bonchev–Trinajstić information content (AvgIpc) is 3.04. The molecule has 0 atom stereocenters. The second-order valence-electron chi connectivity index (χ2n) is 4.44. The predicted octanol–water partition coefficient (Wildman–Crippen LogP) is 4.55. The molecule has 1 radical (unpaired) electrons. The second kappa shape index (κ2) is 6.64. The van der Waals surface area contributed by atoms with E-state index in [-0.39, 0.29) is 5.78 Å². The van der Waals surface area contributed by atoms with Gasteiger partial charge in [0.2, 0.25) is 0 Å². The molecule has 2 aromatic heterocycles. The third-order valence-electron chi connectivity index (χ3n) is 2.91.